The third kappa shape index (κ3) is 12.1. The first kappa shape index (κ1) is 26.8. The summed E-state index contributed by atoms with van der Waals surface area (Å²) >= 11 is 0. The van der Waals surface area contributed by atoms with E-state index in [-0.39, 0.29) is 88.7 Å². The van der Waals surface area contributed by atoms with Crippen molar-refractivity contribution in [2.45, 2.75) is 12.2 Å². The van der Waals surface area contributed by atoms with Crippen molar-refractivity contribution < 1.29 is 39.5 Å². The van der Waals surface area contributed by atoms with Gasteiger partial charge in [-0.1, -0.05) is 0 Å². The molecule has 0 radical (unpaired) electrons. The van der Waals surface area contributed by atoms with E-state index in [1.54, 1.807) is 0 Å². The standard InChI is InChI=1S/C6H8O8.3Na.3H/c7-3(8)1-6(13,5(11)12)14-2-4(9)10;;;;;;/h13H,1-2H2,(H,7,8)(H,9,10)(H,11,12);;;;;;. The average Bonchev–Trinajstić information content (AvgIpc) is 1.99. The van der Waals surface area contributed by atoms with Crippen molar-refractivity contribution >= 4 is 107 Å². The van der Waals surface area contributed by atoms with Gasteiger partial charge in [0, 0.05) is 0 Å². The predicted octanol–water partition coefficient (Wildman–Crippen LogP) is -3.61. The molecule has 0 aliphatic heterocycles. The molecule has 0 aromatic carbocycles. The normalized spacial score (nSPS) is 11.8. The summed E-state index contributed by atoms with van der Waals surface area (Å²) in [5, 5.41) is 33.7. The molecule has 1 atom stereocenters. The Balaban J connectivity index is -0.000000282. The zero-order chi connectivity index (χ0) is 11.4. The number of carboxylic acid groups (broad SMARTS) is 3. The van der Waals surface area contributed by atoms with Crippen molar-refractivity contribution in [3.05, 3.63) is 0 Å². The van der Waals surface area contributed by atoms with Crippen LogP contribution >= 0.6 is 0 Å². The number of rotatable bonds is 6. The van der Waals surface area contributed by atoms with Crippen LogP contribution in [-0.4, -0.2) is 139 Å². The van der Waals surface area contributed by atoms with Crippen LogP contribution in [0.3, 0.4) is 0 Å². The molecule has 4 N–H and O–H groups in total. The van der Waals surface area contributed by atoms with Crippen LogP contribution in [0.25, 0.3) is 0 Å². The Morgan fingerprint density at radius 2 is 1.35 bits per heavy atom. The number of carbonyl (C=O) groups is 3. The number of aliphatic hydroxyl groups is 1. The van der Waals surface area contributed by atoms with Gasteiger partial charge in [-0.25, -0.2) is 9.59 Å². The van der Waals surface area contributed by atoms with E-state index in [4.69, 9.17) is 20.4 Å². The Hall–Kier alpha value is 1.33. The molecule has 17 heavy (non-hydrogen) atoms. The molecule has 0 aliphatic carbocycles. The van der Waals surface area contributed by atoms with E-state index >= 15 is 0 Å². The number of carboxylic acids is 3. The second kappa shape index (κ2) is 12.4. The molecule has 0 fully saturated rings. The van der Waals surface area contributed by atoms with Gasteiger partial charge < -0.3 is 25.2 Å². The maximum atomic E-state index is 10.3. The van der Waals surface area contributed by atoms with Crippen LogP contribution in [0.4, 0.5) is 0 Å². The van der Waals surface area contributed by atoms with Crippen molar-refractivity contribution in [2.75, 3.05) is 6.61 Å². The first-order valence-electron chi connectivity index (χ1n) is 3.31. The second-order valence-corrected chi connectivity index (χ2v) is 2.34. The Labute approximate surface area is 163 Å². The molecule has 0 aromatic rings. The molecule has 86 valence electrons. The van der Waals surface area contributed by atoms with Gasteiger partial charge in [0.05, 0.1) is 0 Å². The van der Waals surface area contributed by atoms with Crippen LogP contribution in [0, 0.1) is 0 Å². The van der Waals surface area contributed by atoms with Crippen molar-refractivity contribution in [1.82, 2.24) is 0 Å². The Bertz CT molecular complexity index is 270. The van der Waals surface area contributed by atoms with Crippen molar-refractivity contribution in [3.8, 4) is 0 Å². The maximum absolute atomic E-state index is 10.3. The Kier molecular flexibility index (Phi) is 19.5. The van der Waals surface area contributed by atoms with Gasteiger partial charge in [0.15, 0.2) is 0 Å². The summed E-state index contributed by atoms with van der Waals surface area (Å²) in [7, 11) is 0. The Morgan fingerprint density at radius 3 is 1.59 bits per heavy atom. The van der Waals surface area contributed by atoms with Gasteiger partial charge in [0.1, 0.15) is 13.0 Å². The molecule has 0 bridgehead atoms. The van der Waals surface area contributed by atoms with Gasteiger partial charge in [-0.05, 0) is 0 Å². The van der Waals surface area contributed by atoms with Crippen LogP contribution in [0.5, 0.6) is 0 Å². The molecule has 0 saturated carbocycles. The second-order valence-electron chi connectivity index (χ2n) is 2.34. The minimum absolute atomic E-state index is 0. The average molecular weight is 280 g/mol. The monoisotopic (exact) mass is 280 g/mol. The summed E-state index contributed by atoms with van der Waals surface area (Å²) in [6.07, 6.45) is -1.24. The van der Waals surface area contributed by atoms with E-state index in [1.807, 2.05) is 0 Å². The molecule has 0 saturated heterocycles. The number of hydrogen-bond acceptors (Lipinski definition) is 5. The van der Waals surface area contributed by atoms with E-state index in [0.29, 0.717) is 0 Å². The van der Waals surface area contributed by atoms with Crippen molar-refractivity contribution in [2.24, 2.45) is 0 Å². The van der Waals surface area contributed by atoms with Gasteiger partial charge in [-0.15, -0.1) is 0 Å². The molecule has 0 aliphatic rings. The Morgan fingerprint density at radius 1 is 0.941 bits per heavy atom. The molecular formula is C6H11Na3O8. The minimum atomic E-state index is -3.01. The van der Waals surface area contributed by atoms with Crippen LogP contribution in [0.1, 0.15) is 6.42 Å². The van der Waals surface area contributed by atoms with E-state index in [1.165, 1.54) is 0 Å². The van der Waals surface area contributed by atoms with Gasteiger partial charge in [-0.2, -0.15) is 0 Å². The molecule has 0 heterocycles. The van der Waals surface area contributed by atoms with Gasteiger partial charge in [0.25, 0.3) is 5.79 Å². The zero-order valence-corrected chi connectivity index (χ0v) is 6.84. The molecule has 8 nitrogen and oxygen atoms in total. The molecule has 0 amide bonds. The molecule has 1 unspecified atom stereocenters. The topological polar surface area (TPSA) is 141 Å². The van der Waals surface area contributed by atoms with E-state index in [9.17, 15) is 14.4 Å². The fourth-order valence-corrected chi connectivity index (χ4v) is 0.574. The van der Waals surface area contributed by atoms with Crippen LogP contribution in [0.15, 0.2) is 0 Å². The first-order chi connectivity index (χ1) is 6.28. The first-order valence-corrected chi connectivity index (χ1v) is 3.31. The van der Waals surface area contributed by atoms with Crippen LogP contribution in [-0.2, 0) is 19.1 Å². The molecule has 11 heteroatoms. The SMILES string of the molecule is O=C(O)COC(O)(CC(=O)O)C(=O)O.[NaH].[NaH].[NaH]. The van der Waals surface area contributed by atoms with Crippen LogP contribution in [0.2, 0.25) is 0 Å². The van der Waals surface area contributed by atoms with Crippen molar-refractivity contribution in [1.29, 1.82) is 0 Å². The number of aliphatic carboxylic acids is 3. The predicted molar refractivity (Wildman–Crippen MR) is 59.9 cm³/mol. The molecule has 0 aromatic heterocycles. The summed E-state index contributed by atoms with van der Waals surface area (Å²) in [4.78, 5) is 30.4. The van der Waals surface area contributed by atoms with Gasteiger partial charge in [-0.3, -0.25) is 4.79 Å². The summed E-state index contributed by atoms with van der Waals surface area (Å²) in [6, 6.07) is 0. The van der Waals surface area contributed by atoms with Gasteiger partial charge in [0.2, 0.25) is 0 Å². The fraction of sp³-hybridized carbons (Fsp3) is 0.500. The van der Waals surface area contributed by atoms with Crippen molar-refractivity contribution in [3.63, 3.8) is 0 Å². The third-order valence-corrected chi connectivity index (χ3v) is 1.16. The summed E-state index contributed by atoms with van der Waals surface area (Å²) in [6.45, 7) is -1.10. The van der Waals surface area contributed by atoms with E-state index < -0.39 is 36.7 Å². The van der Waals surface area contributed by atoms with E-state index in [0.717, 1.165) is 0 Å². The summed E-state index contributed by atoms with van der Waals surface area (Å²) < 4.78 is 4.04. The fourth-order valence-electron chi connectivity index (χ4n) is 0.574. The molecule has 0 spiro atoms. The van der Waals surface area contributed by atoms with Gasteiger partial charge >= 0.3 is 107 Å². The van der Waals surface area contributed by atoms with Crippen LogP contribution < -0.4 is 0 Å². The summed E-state index contributed by atoms with van der Waals surface area (Å²) in [5.41, 5.74) is 0. The number of ether oxygens (including phenoxy) is 1. The van der Waals surface area contributed by atoms with E-state index in [2.05, 4.69) is 4.74 Å². The quantitative estimate of drug-likeness (QED) is 0.289. The molecular weight excluding hydrogens is 269 g/mol. The zero-order valence-electron chi connectivity index (χ0n) is 6.84. The third-order valence-electron chi connectivity index (χ3n) is 1.16. The summed E-state index contributed by atoms with van der Waals surface area (Å²) in [5.74, 6) is -8.11. The number of hydrogen-bond donors (Lipinski definition) is 4. The molecule has 0 rings (SSSR count).